The van der Waals surface area contributed by atoms with Gasteiger partial charge in [0, 0.05) is 6.42 Å². The van der Waals surface area contributed by atoms with Gasteiger partial charge >= 0.3 is 5.97 Å². The lowest BCUT2D eigenvalue weighted by Crippen LogP contribution is -2.58. The van der Waals surface area contributed by atoms with Gasteiger partial charge in [0.25, 0.3) is 0 Å². The van der Waals surface area contributed by atoms with Gasteiger partial charge in [-0.1, -0.05) is 20.8 Å². The molecule has 4 rings (SSSR count). The number of carboxylic acid groups (broad SMARTS) is 1. The number of aliphatic hydroxyl groups is 2. The number of aliphatic hydroxyl groups excluding tert-OH is 2. The van der Waals surface area contributed by atoms with Crippen LogP contribution in [0.15, 0.2) is 0 Å². The molecule has 5 unspecified atom stereocenters. The van der Waals surface area contributed by atoms with E-state index >= 15 is 0 Å². The molecule has 0 aromatic heterocycles. The van der Waals surface area contributed by atoms with Crippen molar-refractivity contribution in [2.24, 2.45) is 46.3 Å². The van der Waals surface area contributed by atoms with Crippen molar-refractivity contribution in [3.8, 4) is 0 Å². The minimum Gasteiger partial charge on any atom is -0.481 e. The lowest BCUT2D eigenvalue weighted by atomic mass is 9.43. The number of aliphatic carboxylic acids is 1. The molecule has 4 aliphatic rings. The van der Waals surface area contributed by atoms with Gasteiger partial charge in [-0.05, 0) is 104 Å². The Morgan fingerprint density at radius 3 is 2.39 bits per heavy atom. The third-order valence-electron chi connectivity index (χ3n) is 10.2. The molecule has 28 heavy (non-hydrogen) atoms. The van der Waals surface area contributed by atoms with Crippen LogP contribution >= 0.6 is 0 Å². The Morgan fingerprint density at radius 2 is 1.68 bits per heavy atom. The van der Waals surface area contributed by atoms with Crippen molar-refractivity contribution in [3.05, 3.63) is 0 Å². The van der Waals surface area contributed by atoms with E-state index in [1.165, 1.54) is 25.7 Å². The highest BCUT2D eigenvalue weighted by molar-refractivity contribution is 5.66. The summed E-state index contributed by atoms with van der Waals surface area (Å²) in [5.74, 6) is 2.36. The molecule has 0 aromatic rings. The summed E-state index contributed by atoms with van der Waals surface area (Å²) in [6.07, 6.45) is 9.19. The highest BCUT2D eigenvalue weighted by atomic mass is 16.4. The molecule has 160 valence electrons. The van der Waals surface area contributed by atoms with Crippen LogP contribution in [0.1, 0.15) is 85.0 Å². The van der Waals surface area contributed by atoms with Crippen LogP contribution in [0.3, 0.4) is 0 Å². The number of fused-ring (bicyclic) bond motifs is 5. The van der Waals surface area contributed by atoms with E-state index in [-0.39, 0.29) is 29.5 Å². The zero-order chi connectivity index (χ0) is 20.3. The van der Waals surface area contributed by atoms with E-state index in [0.29, 0.717) is 35.5 Å². The summed E-state index contributed by atoms with van der Waals surface area (Å²) in [6.45, 7) is 7.16. The molecular formula is C24H40O4. The summed E-state index contributed by atoms with van der Waals surface area (Å²) in [7, 11) is 0. The van der Waals surface area contributed by atoms with Crippen LogP contribution in [0.2, 0.25) is 0 Å². The Labute approximate surface area is 170 Å². The second-order valence-electron chi connectivity index (χ2n) is 11.4. The maximum atomic E-state index is 11.2. The first-order valence-corrected chi connectivity index (χ1v) is 11.7. The molecular weight excluding hydrogens is 352 g/mol. The summed E-state index contributed by atoms with van der Waals surface area (Å²) >= 11 is 0. The molecule has 0 aliphatic heterocycles. The smallest absolute Gasteiger partial charge is 0.303 e. The van der Waals surface area contributed by atoms with E-state index in [9.17, 15) is 15.0 Å². The molecule has 10 atom stereocenters. The van der Waals surface area contributed by atoms with E-state index in [1.807, 2.05) is 0 Å². The Bertz CT molecular complexity index is 605. The molecule has 0 saturated heterocycles. The molecule has 0 amide bonds. The predicted octanol–water partition coefficient (Wildman–Crippen LogP) is 4.48. The Balaban J connectivity index is 1.55. The second-order valence-corrected chi connectivity index (χ2v) is 11.4. The monoisotopic (exact) mass is 392 g/mol. The average molecular weight is 393 g/mol. The SMILES string of the molecule is C[C@H](CCC(=O)O)[C@H]1CCC2C3C(CCC21C)C1(C)CC[C@@H](O)C[C@H]1C[C@@H]3O. The topological polar surface area (TPSA) is 77.8 Å². The molecule has 0 spiro atoms. The lowest BCUT2D eigenvalue weighted by molar-refractivity contribution is -0.174. The van der Waals surface area contributed by atoms with Gasteiger partial charge in [0.05, 0.1) is 12.2 Å². The second kappa shape index (κ2) is 7.27. The predicted molar refractivity (Wildman–Crippen MR) is 109 cm³/mol. The Kier molecular flexibility index (Phi) is 5.36. The van der Waals surface area contributed by atoms with Gasteiger partial charge in [0.1, 0.15) is 0 Å². The minimum atomic E-state index is -0.684. The summed E-state index contributed by atoms with van der Waals surface area (Å²) < 4.78 is 0. The van der Waals surface area contributed by atoms with E-state index in [2.05, 4.69) is 20.8 Å². The number of carboxylic acids is 1. The summed E-state index contributed by atoms with van der Waals surface area (Å²) in [6, 6.07) is 0. The van der Waals surface area contributed by atoms with Crippen molar-refractivity contribution in [2.45, 2.75) is 97.2 Å². The number of hydrogen-bond acceptors (Lipinski definition) is 3. The highest BCUT2D eigenvalue weighted by Crippen LogP contribution is 2.68. The van der Waals surface area contributed by atoms with E-state index in [4.69, 9.17) is 5.11 Å². The summed E-state index contributed by atoms with van der Waals surface area (Å²) in [5, 5.41) is 30.5. The van der Waals surface area contributed by atoms with Crippen molar-refractivity contribution in [1.82, 2.24) is 0 Å². The zero-order valence-electron chi connectivity index (χ0n) is 17.9. The highest BCUT2D eigenvalue weighted by Gasteiger charge is 2.62. The molecule has 4 saturated carbocycles. The van der Waals surface area contributed by atoms with Gasteiger partial charge in [-0.3, -0.25) is 4.79 Å². The van der Waals surface area contributed by atoms with Gasteiger partial charge in [-0.15, -0.1) is 0 Å². The van der Waals surface area contributed by atoms with Crippen LogP contribution in [0.4, 0.5) is 0 Å². The fourth-order valence-electron chi connectivity index (χ4n) is 8.73. The maximum absolute atomic E-state index is 11.2. The van der Waals surface area contributed by atoms with Gasteiger partial charge < -0.3 is 15.3 Å². The molecule has 3 N–H and O–H groups in total. The standard InChI is InChI=1S/C24H40O4/c1-14(4-7-21(27)28)17-5-6-18-22-19(9-11-24(17,18)3)23(2)10-8-16(25)12-15(23)13-20(22)26/h14-20,22,25-26H,4-13H2,1-3H3,(H,27,28)/t14-,15+,16-,17-,18?,19?,20+,22?,23?,24?/m1/s1. The van der Waals surface area contributed by atoms with Gasteiger partial charge in [-0.2, -0.15) is 0 Å². The quantitative estimate of drug-likeness (QED) is 0.659. The third kappa shape index (κ3) is 3.14. The molecule has 4 fully saturated rings. The molecule has 0 heterocycles. The lowest BCUT2D eigenvalue weighted by Gasteiger charge is -2.62. The van der Waals surface area contributed by atoms with Gasteiger partial charge in [0.2, 0.25) is 0 Å². The summed E-state index contributed by atoms with van der Waals surface area (Å²) in [5.41, 5.74) is 0.523. The van der Waals surface area contributed by atoms with E-state index < -0.39 is 5.97 Å². The first-order chi connectivity index (χ1) is 13.2. The first kappa shape index (κ1) is 20.7. The average Bonchev–Trinajstić information content (AvgIpc) is 2.98. The molecule has 0 bridgehead atoms. The van der Waals surface area contributed by atoms with Crippen molar-refractivity contribution in [3.63, 3.8) is 0 Å². The maximum Gasteiger partial charge on any atom is 0.303 e. The van der Waals surface area contributed by atoms with Crippen LogP contribution < -0.4 is 0 Å². The van der Waals surface area contributed by atoms with Crippen molar-refractivity contribution >= 4 is 5.97 Å². The van der Waals surface area contributed by atoms with Crippen LogP contribution in [0.25, 0.3) is 0 Å². The van der Waals surface area contributed by atoms with Crippen LogP contribution in [0.5, 0.6) is 0 Å². The molecule has 4 aliphatic carbocycles. The molecule has 0 aromatic carbocycles. The Morgan fingerprint density at radius 1 is 1.00 bits per heavy atom. The fourth-order valence-corrected chi connectivity index (χ4v) is 8.73. The van der Waals surface area contributed by atoms with Crippen molar-refractivity contribution < 1.29 is 20.1 Å². The fraction of sp³-hybridized carbons (Fsp3) is 0.958. The largest absolute Gasteiger partial charge is 0.481 e. The molecule has 4 heteroatoms. The van der Waals surface area contributed by atoms with Crippen LogP contribution in [0, 0.1) is 46.3 Å². The van der Waals surface area contributed by atoms with Crippen molar-refractivity contribution in [2.75, 3.05) is 0 Å². The van der Waals surface area contributed by atoms with Crippen LogP contribution in [-0.4, -0.2) is 33.5 Å². The normalized spacial score (nSPS) is 51.7. The Hall–Kier alpha value is -0.610. The third-order valence-corrected chi connectivity index (χ3v) is 10.2. The van der Waals surface area contributed by atoms with Gasteiger partial charge in [0.15, 0.2) is 0 Å². The first-order valence-electron chi connectivity index (χ1n) is 11.7. The molecule has 0 radical (unpaired) electrons. The van der Waals surface area contributed by atoms with E-state index in [1.54, 1.807) is 0 Å². The number of carbonyl (C=O) groups is 1. The molecule has 4 nitrogen and oxygen atoms in total. The van der Waals surface area contributed by atoms with E-state index in [0.717, 1.165) is 32.1 Å². The summed E-state index contributed by atoms with van der Waals surface area (Å²) in [4.78, 5) is 11.1. The minimum absolute atomic E-state index is 0.179. The van der Waals surface area contributed by atoms with Gasteiger partial charge in [-0.25, -0.2) is 0 Å². The van der Waals surface area contributed by atoms with Crippen LogP contribution in [-0.2, 0) is 4.79 Å². The zero-order valence-corrected chi connectivity index (χ0v) is 17.9. The number of rotatable bonds is 4. The number of hydrogen-bond donors (Lipinski definition) is 3. The van der Waals surface area contributed by atoms with Crippen molar-refractivity contribution in [1.29, 1.82) is 0 Å².